The van der Waals surface area contributed by atoms with Gasteiger partial charge < -0.3 is 14.0 Å². The molecule has 39 heavy (non-hydrogen) atoms. The van der Waals surface area contributed by atoms with Crippen molar-refractivity contribution >= 4 is 28.4 Å². The second-order valence-corrected chi connectivity index (χ2v) is 10.9. The molecule has 3 atom stereocenters. The summed E-state index contributed by atoms with van der Waals surface area (Å²) in [4.78, 5) is 29.3. The first-order valence-corrected chi connectivity index (χ1v) is 14.3. The van der Waals surface area contributed by atoms with Crippen LogP contribution in [0.1, 0.15) is 80.9 Å². The first-order chi connectivity index (χ1) is 19.1. The second-order valence-electron chi connectivity index (χ2n) is 10.9. The van der Waals surface area contributed by atoms with Crippen LogP contribution in [0.2, 0.25) is 0 Å². The zero-order chi connectivity index (χ0) is 27.4. The van der Waals surface area contributed by atoms with Crippen LogP contribution in [-0.2, 0) is 21.1 Å². The van der Waals surface area contributed by atoms with Gasteiger partial charge in [-0.15, -0.1) is 6.58 Å². The molecule has 0 radical (unpaired) electrons. The summed E-state index contributed by atoms with van der Waals surface area (Å²) in [5.41, 5.74) is 3.82. The molecule has 6 nitrogen and oxygen atoms in total. The first-order valence-electron chi connectivity index (χ1n) is 14.3. The Kier molecular flexibility index (Phi) is 8.51. The van der Waals surface area contributed by atoms with Crippen molar-refractivity contribution in [3.8, 4) is 5.75 Å². The first kappa shape index (κ1) is 27.2. The SMILES string of the molecule is C=CCCCCCCCCC1CC2C(=O)N(c3ccccc3)C(=O)C2c2c1n(COC)c1ccc(OC)cc21. The van der Waals surface area contributed by atoms with Crippen LogP contribution in [0.3, 0.4) is 0 Å². The average Bonchev–Trinajstić information content (AvgIpc) is 3.41. The Morgan fingerprint density at radius 3 is 2.41 bits per heavy atom. The fourth-order valence-corrected chi connectivity index (χ4v) is 6.72. The van der Waals surface area contributed by atoms with Gasteiger partial charge in [-0.2, -0.15) is 0 Å². The zero-order valence-electron chi connectivity index (χ0n) is 23.2. The highest BCUT2D eigenvalue weighted by atomic mass is 16.5. The number of rotatable bonds is 13. The number of hydrogen-bond donors (Lipinski definition) is 0. The highest BCUT2D eigenvalue weighted by molar-refractivity contribution is 6.24. The van der Waals surface area contributed by atoms with E-state index in [4.69, 9.17) is 9.47 Å². The summed E-state index contributed by atoms with van der Waals surface area (Å²) in [6, 6.07) is 15.4. The molecular weight excluding hydrogens is 488 g/mol. The van der Waals surface area contributed by atoms with Crippen molar-refractivity contribution in [1.29, 1.82) is 0 Å². The van der Waals surface area contributed by atoms with Gasteiger partial charge in [0.05, 0.1) is 30.1 Å². The number of anilines is 1. The normalized spacial score (nSPS) is 20.4. The summed E-state index contributed by atoms with van der Waals surface area (Å²) >= 11 is 0. The number of benzene rings is 2. The molecule has 2 heterocycles. The number of fused-ring (bicyclic) bond motifs is 5. The smallest absolute Gasteiger partial charge is 0.242 e. The number of allylic oxidation sites excluding steroid dienone is 1. The van der Waals surface area contributed by atoms with Crippen molar-refractivity contribution in [3.63, 3.8) is 0 Å². The Balaban J connectivity index is 1.51. The second kappa shape index (κ2) is 12.2. The third kappa shape index (κ3) is 5.14. The maximum atomic E-state index is 14.0. The molecule has 2 aliphatic rings. The van der Waals surface area contributed by atoms with Gasteiger partial charge in [0.2, 0.25) is 11.8 Å². The van der Waals surface area contributed by atoms with Crippen LogP contribution in [-0.4, -0.2) is 30.6 Å². The highest BCUT2D eigenvalue weighted by Crippen LogP contribution is 2.53. The quantitative estimate of drug-likeness (QED) is 0.132. The number of amides is 2. The summed E-state index contributed by atoms with van der Waals surface area (Å²) in [5.74, 6) is -0.141. The van der Waals surface area contributed by atoms with E-state index in [0.717, 1.165) is 47.2 Å². The molecule has 206 valence electrons. The zero-order valence-corrected chi connectivity index (χ0v) is 23.2. The van der Waals surface area contributed by atoms with Gasteiger partial charge in [0.1, 0.15) is 12.5 Å². The molecule has 6 heteroatoms. The van der Waals surface area contributed by atoms with Gasteiger partial charge in [-0.3, -0.25) is 9.59 Å². The van der Waals surface area contributed by atoms with Gasteiger partial charge in [-0.25, -0.2) is 4.90 Å². The van der Waals surface area contributed by atoms with Crippen LogP contribution in [0.25, 0.3) is 10.9 Å². The Hall–Kier alpha value is -3.38. The number of carbonyl (C=O) groups is 2. The minimum absolute atomic E-state index is 0.0791. The molecule has 0 spiro atoms. The van der Waals surface area contributed by atoms with E-state index in [-0.39, 0.29) is 23.7 Å². The number of unbranched alkanes of at least 4 members (excludes halogenated alkanes) is 6. The Morgan fingerprint density at radius 2 is 1.69 bits per heavy atom. The van der Waals surface area contributed by atoms with E-state index in [1.165, 1.54) is 37.0 Å². The Labute approximate surface area is 231 Å². The number of nitrogens with zero attached hydrogens (tertiary/aromatic N) is 2. The van der Waals surface area contributed by atoms with E-state index < -0.39 is 5.92 Å². The predicted molar refractivity (Wildman–Crippen MR) is 155 cm³/mol. The molecule has 1 aliphatic carbocycles. The third-order valence-electron chi connectivity index (χ3n) is 8.50. The molecule has 5 rings (SSSR count). The highest BCUT2D eigenvalue weighted by Gasteiger charge is 2.54. The van der Waals surface area contributed by atoms with Crippen molar-refractivity contribution in [3.05, 3.63) is 72.4 Å². The molecule has 1 aromatic heterocycles. The molecule has 1 fully saturated rings. The van der Waals surface area contributed by atoms with Crippen LogP contribution < -0.4 is 9.64 Å². The summed E-state index contributed by atoms with van der Waals surface area (Å²) in [5, 5.41) is 0.986. The number of carbonyl (C=O) groups excluding carboxylic acids is 2. The summed E-state index contributed by atoms with van der Waals surface area (Å²) in [6.07, 6.45) is 12.0. The summed E-state index contributed by atoms with van der Waals surface area (Å²) < 4.78 is 13.5. The summed E-state index contributed by atoms with van der Waals surface area (Å²) in [6.45, 7) is 4.22. The molecule has 3 aromatic rings. The average molecular weight is 529 g/mol. The molecule has 2 amide bonds. The largest absolute Gasteiger partial charge is 0.497 e. The van der Waals surface area contributed by atoms with Crippen molar-refractivity contribution in [2.45, 2.75) is 76.4 Å². The number of hydrogen-bond acceptors (Lipinski definition) is 4. The minimum Gasteiger partial charge on any atom is -0.497 e. The van der Waals surface area contributed by atoms with Gasteiger partial charge in [0, 0.05) is 24.1 Å². The number of imide groups is 1. The molecule has 0 saturated carbocycles. The number of aromatic nitrogens is 1. The van der Waals surface area contributed by atoms with E-state index in [1.807, 2.05) is 48.5 Å². The van der Waals surface area contributed by atoms with Crippen LogP contribution in [0.5, 0.6) is 5.75 Å². The molecular formula is C33H40N2O4. The Morgan fingerprint density at radius 1 is 0.949 bits per heavy atom. The molecule has 0 N–H and O–H groups in total. The molecule has 2 aromatic carbocycles. The summed E-state index contributed by atoms with van der Waals surface area (Å²) in [7, 11) is 3.36. The van der Waals surface area contributed by atoms with Gasteiger partial charge in [-0.05, 0) is 61.6 Å². The topological polar surface area (TPSA) is 60.8 Å². The van der Waals surface area contributed by atoms with Gasteiger partial charge >= 0.3 is 0 Å². The molecule has 1 aliphatic heterocycles. The van der Waals surface area contributed by atoms with E-state index in [1.54, 1.807) is 14.2 Å². The van der Waals surface area contributed by atoms with E-state index in [2.05, 4.69) is 17.2 Å². The van der Waals surface area contributed by atoms with Crippen LogP contribution in [0, 0.1) is 5.92 Å². The maximum absolute atomic E-state index is 14.0. The van der Waals surface area contributed by atoms with Gasteiger partial charge in [-0.1, -0.05) is 56.4 Å². The van der Waals surface area contributed by atoms with Gasteiger partial charge in [0.25, 0.3) is 0 Å². The predicted octanol–water partition coefficient (Wildman–Crippen LogP) is 7.32. The lowest BCUT2D eigenvalue weighted by atomic mass is 9.72. The fraction of sp³-hybridized carbons (Fsp3) is 0.455. The maximum Gasteiger partial charge on any atom is 0.242 e. The fourth-order valence-electron chi connectivity index (χ4n) is 6.72. The van der Waals surface area contributed by atoms with Crippen LogP contribution in [0.4, 0.5) is 5.69 Å². The van der Waals surface area contributed by atoms with Crippen molar-refractivity contribution < 1.29 is 19.1 Å². The Bertz CT molecular complexity index is 1330. The number of methoxy groups -OCH3 is 2. The van der Waals surface area contributed by atoms with E-state index in [9.17, 15) is 9.59 Å². The van der Waals surface area contributed by atoms with Gasteiger partial charge in [0.15, 0.2) is 0 Å². The molecule has 3 unspecified atom stereocenters. The number of para-hydroxylation sites is 1. The lowest BCUT2D eigenvalue weighted by molar-refractivity contribution is -0.122. The van der Waals surface area contributed by atoms with Crippen molar-refractivity contribution in [2.24, 2.45) is 5.92 Å². The lowest BCUT2D eigenvalue weighted by Gasteiger charge is -2.31. The molecule has 1 saturated heterocycles. The van der Waals surface area contributed by atoms with Crippen molar-refractivity contribution in [1.82, 2.24) is 4.57 Å². The lowest BCUT2D eigenvalue weighted by Crippen LogP contribution is -2.30. The van der Waals surface area contributed by atoms with Crippen LogP contribution >= 0.6 is 0 Å². The monoisotopic (exact) mass is 528 g/mol. The minimum atomic E-state index is -0.499. The van der Waals surface area contributed by atoms with Crippen LogP contribution in [0.15, 0.2) is 61.2 Å². The van der Waals surface area contributed by atoms with Crippen molar-refractivity contribution in [2.75, 3.05) is 19.1 Å². The molecule has 0 bridgehead atoms. The number of ether oxygens (including phenoxy) is 2. The third-order valence-corrected chi connectivity index (χ3v) is 8.50. The standard InChI is InChI=1S/C33H40N2O4/c1-4-5-6-7-8-9-10-12-15-23-20-27-30(33(37)35(32(27)36)24-16-13-11-14-17-24)29-26-21-25(39-3)18-19-28(26)34(22-38-2)31(23)29/h4,11,13-14,16-19,21,23,27,30H,1,5-10,12,15,20,22H2,2-3H3. The van der Waals surface area contributed by atoms with E-state index >= 15 is 0 Å². The van der Waals surface area contributed by atoms with E-state index in [0.29, 0.717) is 18.8 Å².